The third kappa shape index (κ3) is 4.78. The van der Waals surface area contributed by atoms with Gasteiger partial charge < -0.3 is 20.1 Å². The van der Waals surface area contributed by atoms with Crippen LogP contribution in [0.25, 0.3) is 5.65 Å². The first-order valence-corrected chi connectivity index (χ1v) is 12.1. The SMILES string of the molecule is O=C(NC1C(=O)N2CC(CSc3ccc4nnnn4n3)(C(=O)O)CS[C@H]12)OCC(Cl)(Cl)Cl. The van der Waals surface area contributed by atoms with Gasteiger partial charge in [-0.25, -0.2) is 4.79 Å². The summed E-state index contributed by atoms with van der Waals surface area (Å²) in [6.45, 7) is -0.476. The number of hydrogen-bond donors (Lipinski definition) is 2. The van der Waals surface area contributed by atoms with Gasteiger partial charge in [-0.3, -0.25) is 9.59 Å². The van der Waals surface area contributed by atoms with Crippen LogP contribution in [0.4, 0.5) is 4.79 Å². The van der Waals surface area contributed by atoms with Crippen LogP contribution >= 0.6 is 58.3 Å². The van der Waals surface area contributed by atoms with Crippen LogP contribution in [0.2, 0.25) is 0 Å². The molecule has 3 atom stereocenters. The summed E-state index contributed by atoms with van der Waals surface area (Å²) in [6.07, 6.45) is -0.899. The normalized spacial score (nSPS) is 25.2. The third-order valence-electron chi connectivity index (χ3n) is 4.78. The summed E-state index contributed by atoms with van der Waals surface area (Å²) in [7, 11) is 0. The van der Waals surface area contributed by atoms with Gasteiger partial charge in [-0.1, -0.05) is 34.8 Å². The molecule has 4 heterocycles. The molecular formula is C15H14Cl3N7O5S2. The molecule has 2 amide bonds. The van der Waals surface area contributed by atoms with Crippen LogP contribution in [0.15, 0.2) is 17.2 Å². The van der Waals surface area contributed by atoms with E-state index < -0.39 is 45.2 Å². The molecule has 0 bridgehead atoms. The van der Waals surface area contributed by atoms with Gasteiger partial charge in [0.2, 0.25) is 9.70 Å². The lowest BCUT2D eigenvalue weighted by atomic mass is 9.89. The zero-order valence-electron chi connectivity index (χ0n) is 15.9. The Labute approximate surface area is 203 Å². The molecule has 2 unspecified atom stereocenters. The molecule has 2 aromatic rings. The van der Waals surface area contributed by atoms with Crippen molar-refractivity contribution < 1.29 is 24.2 Å². The number of carboxylic acids is 1. The number of carbonyl (C=O) groups excluding carboxylic acids is 2. The molecule has 0 radical (unpaired) electrons. The van der Waals surface area contributed by atoms with Crippen LogP contribution in [0.1, 0.15) is 0 Å². The number of tetrazole rings is 1. The van der Waals surface area contributed by atoms with E-state index in [2.05, 4.69) is 25.9 Å². The van der Waals surface area contributed by atoms with Crippen molar-refractivity contribution in [2.24, 2.45) is 5.41 Å². The summed E-state index contributed by atoms with van der Waals surface area (Å²) in [6, 6.07) is 2.53. The molecular weight excluding hydrogens is 529 g/mol. The molecule has 12 nitrogen and oxygen atoms in total. The Kier molecular flexibility index (Phi) is 6.51. The largest absolute Gasteiger partial charge is 0.481 e. The third-order valence-corrected chi connectivity index (χ3v) is 7.91. The van der Waals surface area contributed by atoms with E-state index in [1.807, 2.05) is 0 Å². The number of carbonyl (C=O) groups is 3. The number of thioether (sulfide) groups is 2. The molecule has 2 aliphatic rings. The molecule has 0 aromatic carbocycles. The van der Waals surface area contributed by atoms with Gasteiger partial charge in [0.25, 0.3) is 0 Å². The van der Waals surface area contributed by atoms with Crippen LogP contribution in [0.3, 0.4) is 0 Å². The number of nitrogens with zero attached hydrogens (tertiary/aromatic N) is 6. The second kappa shape index (κ2) is 8.89. The first-order valence-electron chi connectivity index (χ1n) is 8.92. The lowest BCUT2D eigenvalue weighted by Gasteiger charge is -2.53. The summed E-state index contributed by atoms with van der Waals surface area (Å²) in [5.74, 6) is -1.02. The number of carboxylic acid groups (broad SMARTS) is 1. The van der Waals surface area contributed by atoms with Gasteiger partial charge in [0, 0.05) is 18.1 Å². The zero-order chi connectivity index (χ0) is 23.1. The van der Waals surface area contributed by atoms with Gasteiger partial charge in [-0.05, 0) is 22.6 Å². The summed E-state index contributed by atoms with van der Waals surface area (Å²) >= 11 is 19.1. The average molecular weight is 543 g/mol. The number of rotatable bonds is 6. The minimum Gasteiger partial charge on any atom is -0.481 e. The van der Waals surface area contributed by atoms with Crippen molar-refractivity contribution in [2.45, 2.75) is 20.2 Å². The van der Waals surface area contributed by atoms with Crippen molar-refractivity contribution in [1.29, 1.82) is 0 Å². The number of alkyl halides is 3. The Morgan fingerprint density at radius 1 is 1.41 bits per heavy atom. The van der Waals surface area contributed by atoms with E-state index in [0.29, 0.717) is 10.7 Å². The Morgan fingerprint density at radius 2 is 2.19 bits per heavy atom. The minimum absolute atomic E-state index is 0.000335. The molecule has 0 aliphatic carbocycles. The molecule has 2 N–H and O–H groups in total. The van der Waals surface area contributed by atoms with Crippen molar-refractivity contribution in [2.75, 3.05) is 24.7 Å². The Bertz CT molecular complexity index is 1070. The maximum atomic E-state index is 12.6. The van der Waals surface area contributed by atoms with E-state index in [0.717, 1.165) is 0 Å². The molecule has 0 saturated carbocycles. The van der Waals surface area contributed by atoms with Crippen molar-refractivity contribution in [3.8, 4) is 0 Å². The summed E-state index contributed by atoms with van der Waals surface area (Å²) in [5, 5.41) is 27.7. The maximum absolute atomic E-state index is 12.6. The van der Waals surface area contributed by atoms with Gasteiger partial charge in [-0.2, -0.15) is 0 Å². The van der Waals surface area contributed by atoms with Gasteiger partial charge in [0.1, 0.15) is 28.5 Å². The molecule has 2 saturated heterocycles. The smallest absolute Gasteiger partial charge is 0.408 e. The number of amides is 2. The fourth-order valence-corrected chi connectivity index (χ4v) is 6.02. The number of fused-ring (bicyclic) bond motifs is 2. The number of ether oxygens (including phenoxy) is 1. The van der Waals surface area contributed by atoms with E-state index in [1.165, 1.54) is 33.1 Å². The van der Waals surface area contributed by atoms with Crippen molar-refractivity contribution >= 4 is 81.9 Å². The number of nitrogens with one attached hydrogen (secondary N) is 1. The fraction of sp³-hybridized carbons (Fsp3) is 0.533. The van der Waals surface area contributed by atoms with E-state index in [1.54, 1.807) is 12.1 Å². The van der Waals surface area contributed by atoms with E-state index in [9.17, 15) is 19.5 Å². The topological polar surface area (TPSA) is 152 Å². The summed E-state index contributed by atoms with van der Waals surface area (Å²) < 4.78 is 4.27. The predicted molar refractivity (Wildman–Crippen MR) is 116 cm³/mol. The van der Waals surface area contributed by atoms with Crippen molar-refractivity contribution in [3.63, 3.8) is 0 Å². The second-order valence-corrected chi connectivity index (χ2v) is 11.7. The highest BCUT2D eigenvalue weighted by Gasteiger charge is 2.57. The highest BCUT2D eigenvalue weighted by molar-refractivity contribution is 8.00. The van der Waals surface area contributed by atoms with Gasteiger partial charge in [0.05, 0.1) is 0 Å². The first kappa shape index (κ1) is 23.4. The van der Waals surface area contributed by atoms with Gasteiger partial charge >= 0.3 is 12.1 Å². The van der Waals surface area contributed by atoms with Crippen LogP contribution in [-0.4, -0.2) is 93.1 Å². The van der Waals surface area contributed by atoms with Crippen LogP contribution in [-0.2, 0) is 14.3 Å². The van der Waals surface area contributed by atoms with E-state index in [4.69, 9.17) is 39.5 Å². The maximum Gasteiger partial charge on any atom is 0.408 e. The number of alkyl carbamates (subject to hydrolysis) is 1. The molecule has 4 rings (SSSR count). The molecule has 32 heavy (non-hydrogen) atoms. The van der Waals surface area contributed by atoms with Crippen LogP contribution in [0, 0.1) is 5.41 Å². The highest BCUT2D eigenvalue weighted by atomic mass is 35.6. The number of halogens is 3. The fourth-order valence-electron chi connectivity index (χ4n) is 3.14. The summed E-state index contributed by atoms with van der Waals surface area (Å²) in [4.78, 5) is 38.0. The second-order valence-electron chi connectivity index (χ2n) is 7.05. The van der Waals surface area contributed by atoms with Gasteiger partial charge in [-0.15, -0.1) is 38.4 Å². The first-order chi connectivity index (χ1) is 15.1. The zero-order valence-corrected chi connectivity index (χ0v) is 19.8. The molecule has 2 aromatic heterocycles. The predicted octanol–water partition coefficient (Wildman–Crippen LogP) is 1.06. The number of hydrogen-bond acceptors (Lipinski definition) is 10. The van der Waals surface area contributed by atoms with E-state index >= 15 is 0 Å². The number of aromatic nitrogens is 5. The average Bonchev–Trinajstić information content (AvgIpc) is 3.21. The lowest BCUT2D eigenvalue weighted by Crippen LogP contribution is -2.74. The Hall–Kier alpha value is -1.74. The van der Waals surface area contributed by atoms with E-state index in [-0.39, 0.29) is 18.1 Å². The molecule has 17 heteroatoms. The van der Waals surface area contributed by atoms with Crippen LogP contribution < -0.4 is 5.32 Å². The Morgan fingerprint density at radius 3 is 2.91 bits per heavy atom. The molecule has 172 valence electrons. The molecule has 2 aliphatic heterocycles. The van der Waals surface area contributed by atoms with Crippen LogP contribution in [0.5, 0.6) is 0 Å². The quantitative estimate of drug-likeness (QED) is 0.306. The number of aliphatic carboxylic acids is 1. The minimum atomic E-state index is -1.77. The monoisotopic (exact) mass is 541 g/mol. The number of β-lactam (4-membered cyclic amide) rings is 1. The van der Waals surface area contributed by atoms with Gasteiger partial charge in [0.15, 0.2) is 5.65 Å². The molecule has 0 spiro atoms. The highest BCUT2D eigenvalue weighted by Crippen LogP contribution is 2.44. The van der Waals surface area contributed by atoms with Crippen molar-refractivity contribution in [1.82, 2.24) is 35.5 Å². The Balaban J connectivity index is 1.37. The lowest BCUT2D eigenvalue weighted by molar-refractivity contribution is -0.156. The van der Waals surface area contributed by atoms with Crippen molar-refractivity contribution in [3.05, 3.63) is 12.1 Å². The standard InChI is InChI=1S/C15H14Cl3N7O5S2/c16-15(17,18)4-30-13(29)19-9-10(26)24-3-14(12(27)28,6-32-11(9)24)5-31-8-2-1-7-20-22-23-25(7)21-8/h1-2,9,11H,3-6H2,(H,19,29)(H,27,28)/t9?,11-,14?/m1/s1. The molecule has 2 fully saturated rings. The summed E-state index contributed by atoms with van der Waals surface area (Å²) in [5.41, 5.74) is -0.727.